The molecule has 52 heavy (non-hydrogen) atoms. The van der Waals surface area contributed by atoms with Gasteiger partial charge in [-0.2, -0.15) is 0 Å². The summed E-state index contributed by atoms with van der Waals surface area (Å²) in [6.07, 6.45) is 4.44. The van der Waals surface area contributed by atoms with Crippen LogP contribution in [0.5, 0.6) is 5.75 Å². The summed E-state index contributed by atoms with van der Waals surface area (Å²) in [5.41, 5.74) is 4.19. The van der Waals surface area contributed by atoms with Gasteiger partial charge < -0.3 is 40.3 Å². The quantitative estimate of drug-likeness (QED) is 0.287. The maximum atomic E-state index is 14.1. The Morgan fingerprint density at radius 2 is 1.50 bits per heavy atom. The zero-order chi connectivity index (χ0) is 36.8. The number of para-hydroxylation sites is 1. The van der Waals surface area contributed by atoms with Crippen LogP contribution in [0.4, 0.5) is 15.3 Å². The number of amides is 5. The van der Waals surface area contributed by atoms with Crippen molar-refractivity contribution in [2.75, 3.05) is 64.4 Å². The number of aromatic hydroxyl groups is 1. The Labute approximate surface area is 306 Å². The number of phenols is 1. The Bertz CT molecular complexity index is 1570. The third-order valence-corrected chi connectivity index (χ3v) is 11.6. The van der Waals surface area contributed by atoms with Crippen LogP contribution >= 0.6 is 0 Å². The molecule has 0 bridgehead atoms. The van der Waals surface area contributed by atoms with Gasteiger partial charge in [-0.15, -0.1) is 0 Å². The molecule has 5 amide bonds. The zero-order valence-electron chi connectivity index (χ0n) is 30.5. The van der Waals surface area contributed by atoms with Crippen molar-refractivity contribution < 1.29 is 34.1 Å². The van der Waals surface area contributed by atoms with E-state index in [1.165, 1.54) is 0 Å². The van der Waals surface area contributed by atoms with Gasteiger partial charge in [0.25, 0.3) is 5.91 Å². The highest BCUT2D eigenvalue weighted by Gasteiger charge is 2.37. The summed E-state index contributed by atoms with van der Waals surface area (Å²) < 4.78 is 6.07. The summed E-state index contributed by atoms with van der Waals surface area (Å²) in [5, 5.41) is 24.8. The number of benzene rings is 2. The van der Waals surface area contributed by atoms with Crippen LogP contribution in [-0.2, 0) is 27.2 Å². The van der Waals surface area contributed by atoms with Gasteiger partial charge in [0.05, 0.1) is 6.54 Å². The average molecular weight is 719 g/mol. The fourth-order valence-corrected chi connectivity index (χ4v) is 8.58. The van der Waals surface area contributed by atoms with Crippen molar-refractivity contribution >= 4 is 29.6 Å². The van der Waals surface area contributed by atoms with E-state index in [4.69, 9.17) is 9.84 Å². The minimum absolute atomic E-state index is 0.00182. The van der Waals surface area contributed by atoms with Crippen LogP contribution < -0.4 is 10.6 Å². The van der Waals surface area contributed by atoms with E-state index < -0.39 is 12.2 Å². The number of nitrogens with one attached hydrogen (secondary N) is 2. The lowest BCUT2D eigenvalue weighted by Gasteiger charge is -2.41. The minimum Gasteiger partial charge on any atom is -0.507 e. The Kier molecular flexibility index (Phi) is 12.2. The van der Waals surface area contributed by atoms with Crippen LogP contribution in [0.3, 0.4) is 0 Å². The topological polar surface area (TPSA) is 155 Å². The summed E-state index contributed by atoms with van der Waals surface area (Å²) in [6, 6.07) is 11.4. The predicted molar refractivity (Wildman–Crippen MR) is 196 cm³/mol. The van der Waals surface area contributed by atoms with E-state index in [1.807, 2.05) is 60.0 Å². The molecule has 3 saturated heterocycles. The van der Waals surface area contributed by atoms with Crippen molar-refractivity contribution in [1.82, 2.24) is 24.9 Å². The van der Waals surface area contributed by atoms with Gasteiger partial charge >= 0.3 is 12.1 Å². The molecule has 4 heterocycles. The number of rotatable bonds is 9. The lowest BCUT2D eigenvalue weighted by atomic mass is 9.78. The van der Waals surface area contributed by atoms with Gasteiger partial charge in [-0.1, -0.05) is 30.3 Å². The monoisotopic (exact) mass is 718 g/mol. The molecule has 13 nitrogen and oxygen atoms in total. The average Bonchev–Trinajstić information content (AvgIpc) is 3.31. The number of fused-ring (bicyclic) bond motifs is 1. The molecule has 6 rings (SSSR count). The maximum Gasteiger partial charge on any atom is 0.410 e. The van der Waals surface area contributed by atoms with Crippen LogP contribution in [0.15, 0.2) is 36.4 Å². The van der Waals surface area contributed by atoms with E-state index in [-0.39, 0.29) is 42.8 Å². The number of anilines is 1. The van der Waals surface area contributed by atoms with E-state index >= 15 is 0 Å². The van der Waals surface area contributed by atoms with Crippen molar-refractivity contribution in [1.29, 1.82) is 0 Å². The van der Waals surface area contributed by atoms with Crippen LogP contribution in [0, 0.1) is 25.7 Å². The van der Waals surface area contributed by atoms with Crippen molar-refractivity contribution in [3.05, 3.63) is 58.7 Å². The summed E-state index contributed by atoms with van der Waals surface area (Å²) in [4.78, 5) is 60.3. The number of carbonyl (C=O) groups is 4. The minimum atomic E-state index is -1.01. The molecular weight excluding hydrogens is 664 g/mol. The first-order chi connectivity index (χ1) is 25.1. The highest BCUT2D eigenvalue weighted by atomic mass is 16.6. The van der Waals surface area contributed by atoms with Crippen LogP contribution in [0.2, 0.25) is 0 Å². The van der Waals surface area contributed by atoms with Crippen molar-refractivity contribution in [2.24, 2.45) is 11.8 Å². The first-order valence-corrected chi connectivity index (χ1v) is 18.9. The molecule has 0 spiro atoms. The predicted octanol–water partition coefficient (Wildman–Crippen LogP) is 3.63. The first-order valence-electron chi connectivity index (χ1n) is 18.9. The normalized spacial score (nSPS) is 20.1. The molecule has 3 fully saturated rings. The number of aliphatic hydroxyl groups is 1. The molecule has 0 unspecified atom stereocenters. The largest absolute Gasteiger partial charge is 0.507 e. The summed E-state index contributed by atoms with van der Waals surface area (Å²) in [7, 11) is 0. The summed E-state index contributed by atoms with van der Waals surface area (Å²) in [6.45, 7) is 7.91. The number of piperidine rings is 3. The third-order valence-electron chi connectivity index (χ3n) is 11.6. The van der Waals surface area contributed by atoms with E-state index in [0.29, 0.717) is 75.1 Å². The number of likely N-dealkylation sites (tertiary alicyclic amines) is 3. The fraction of sp³-hybridized carbons (Fsp3) is 0.590. The van der Waals surface area contributed by atoms with Gasteiger partial charge in [-0.25, -0.2) is 9.59 Å². The Hall–Kier alpha value is -4.36. The number of aryl methyl sites for hydroxylation is 2. The Morgan fingerprint density at radius 3 is 2.15 bits per heavy atom. The first kappa shape index (κ1) is 37.4. The smallest absolute Gasteiger partial charge is 0.410 e. The number of aliphatic hydroxyl groups excluding tert-OH is 1. The number of phenolic OH excluding ortho intramolecular Hbond substituents is 1. The number of urea groups is 1. The lowest BCUT2D eigenvalue weighted by Crippen LogP contribution is -2.52. The van der Waals surface area contributed by atoms with Gasteiger partial charge in [-0.3, -0.25) is 14.5 Å². The molecular formula is C39H54N6O7. The molecule has 0 aromatic heterocycles. The van der Waals surface area contributed by atoms with E-state index in [1.54, 1.807) is 4.90 Å². The van der Waals surface area contributed by atoms with Crippen LogP contribution in [-0.4, -0.2) is 125 Å². The molecule has 2 aromatic rings. The molecule has 4 aliphatic rings. The highest BCUT2D eigenvalue weighted by Crippen LogP contribution is 2.33. The SMILES string of the molecule is Cc1cc(C[C@@H](OC(=O)N2CCC(N3CCc4ccccc4NC3=O)CC2)C(=O)N2CCC(C3CCN(CC(=O)NCO)CC3)CC2)cc(C)c1O. The van der Waals surface area contributed by atoms with Gasteiger partial charge in [0.1, 0.15) is 12.5 Å². The van der Waals surface area contributed by atoms with E-state index in [0.717, 1.165) is 62.0 Å². The number of hydrogen-bond donors (Lipinski definition) is 4. The van der Waals surface area contributed by atoms with Crippen molar-refractivity contribution in [2.45, 2.75) is 77.4 Å². The Balaban J connectivity index is 1.05. The molecule has 0 saturated carbocycles. The van der Waals surface area contributed by atoms with E-state index in [9.17, 15) is 24.3 Å². The van der Waals surface area contributed by atoms with Gasteiger partial charge in [0, 0.05) is 50.9 Å². The second kappa shape index (κ2) is 17.0. The maximum absolute atomic E-state index is 14.1. The fourth-order valence-electron chi connectivity index (χ4n) is 8.58. The second-order valence-electron chi connectivity index (χ2n) is 14.9. The molecule has 4 N–H and O–H groups in total. The molecule has 13 heteroatoms. The van der Waals surface area contributed by atoms with Crippen LogP contribution in [0.1, 0.15) is 60.8 Å². The van der Waals surface area contributed by atoms with E-state index in [2.05, 4.69) is 15.5 Å². The summed E-state index contributed by atoms with van der Waals surface area (Å²) in [5.74, 6) is 0.872. The number of nitrogens with zero attached hydrogens (tertiary/aromatic N) is 4. The lowest BCUT2D eigenvalue weighted by molar-refractivity contribution is -0.142. The molecule has 0 aliphatic carbocycles. The number of hydrogen-bond acceptors (Lipinski definition) is 8. The Morgan fingerprint density at radius 1 is 0.885 bits per heavy atom. The van der Waals surface area contributed by atoms with Crippen molar-refractivity contribution in [3.8, 4) is 5.75 Å². The molecule has 1 atom stereocenters. The molecule has 4 aliphatic heterocycles. The second-order valence-corrected chi connectivity index (χ2v) is 14.9. The van der Waals surface area contributed by atoms with Gasteiger partial charge in [0.15, 0.2) is 6.10 Å². The molecule has 2 aromatic carbocycles. The summed E-state index contributed by atoms with van der Waals surface area (Å²) >= 11 is 0. The standard InChI is InChI=1S/C39H54N6O7/c1-26-21-28(22-27(2)36(26)48)23-34(37(49)43-16-9-30(10-17-43)29-7-14-42(15-8-29)24-35(47)40-25-46)52-39(51)44-18-12-32(13-19-44)45-20-11-31-5-3-4-6-33(31)41-38(45)50/h3-6,21-22,29-30,32,34,46,48H,7-20,23-25H2,1-2H3,(H,40,47)(H,41,50)/t34-/m1/s1. The van der Waals surface area contributed by atoms with Gasteiger partial charge in [0.2, 0.25) is 5.91 Å². The zero-order valence-corrected chi connectivity index (χ0v) is 30.5. The van der Waals surface area contributed by atoms with Crippen LogP contribution in [0.25, 0.3) is 0 Å². The van der Waals surface area contributed by atoms with Crippen molar-refractivity contribution in [3.63, 3.8) is 0 Å². The molecule has 282 valence electrons. The molecule has 0 radical (unpaired) electrons. The van der Waals surface area contributed by atoms with Gasteiger partial charge in [-0.05, 0) is 112 Å². The highest BCUT2D eigenvalue weighted by molar-refractivity contribution is 5.91. The number of carbonyl (C=O) groups excluding carboxylic acids is 4. The third kappa shape index (κ3) is 8.98. The number of ether oxygens (including phenoxy) is 1.